The lowest BCUT2D eigenvalue weighted by Crippen LogP contribution is -2.11. The number of carboxylic acid groups (broad SMARTS) is 1. The first-order valence-corrected chi connectivity index (χ1v) is 6.52. The largest absolute Gasteiger partial charge is 0.481 e. The van der Waals surface area contributed by atoms with Crippen LogP contribution in [0.5, 0.6) is 0 Å². The van der Waals surface area contributed by atoms with Gasteiger partial charge in [0.25, 0.3) is 5.69 Å². The third-order valence-corrected chi connectivity index (χ3v) is 3.36. The number of ketones is 1. The van der Waals surface area contributed by atoms with E-state index >= 15 is 0 Å². The summed E-state index contributed by atoms with van der Waals surface area (Å²) in [5, 5.41) is 20.1. The summed E-state index contributed by atoms with van der Waals surface area (Å²) >= 11 is 0. The Labute approximate surface area is 126 Å². The SMILES string of the molecule is CC(C(=O)O)c1cc(C(=O)c2ccccc2)ccc1[N+](=O)[O-]. The molecule has 1 N–H and O–H groups in total. The summed E-state index contributed by atoms with van der Waals surface area (Å²) in [6, 6.07) is 12.2. The molecule has 0 amide bonds. The maximum Gasteiger partial charge on any atom is 0.310 e. The van der Waals surface area contributed by atoms with E-state index in [1.165, 1.54) is 25.1 Å². The van der Waals surface area contributed by atoms with E-state index in [1.54, 1.807) is 30.3 Å². The van der Waals surface area contributed by atoms with Crippen LogP contribution in [-0.2, 0) is 4.79 Å². The highest BCUT2D eigenvalue weighted by Gasteiger charge is 2.25. The van der Waals surface area contributed by atoms with Crippen molar-refractivity contribution in [2.75, 3.05) is 0 Å². The van der Waals surface area contributed by atoms with E-state index in [1.807, 2.05) is 0 Å². The van der Waals surface area contributed by atoms with Crippen LogP contribution in [0.1, 0.15) is 34.3 Å². The molecule has 0 spiro atoms. The molecule has 0 aliphatic rings. The molecule has 1 unspecified atom stereocenters. The van der Waals surface area contributed by atoms with Crippen LogP contribution in [0, 0.1) is 10.1 Å². The minimum atomic E-state index is -1.19. The number of carbonyl (C=O) groups excluding carboxylic acids is 1. The van der Waals surface area contributed by atoms with Gasteiger partial charge in [-0.05, 0) is 19.1 Å². The first kappa shape index (κ1) is 15.4. The molecule has 0 fully saturated rings. The average molecular weight is 299 g/mol. The van der Waals surface area contributed by atoms with Crippen molar-refractivity contribution < 1.29 is 19.6 Å². The van der Waals surface area contributed by atoms with Gasteiger partial charge in [-0.3, -0.25) is 19.7 Å². The molecule has 2 aromatic carbocycles. The molecule has 0 aromatic heterocycles. The van der Waals surface area contributed by atoms with Crippen molar-refractivity contribution in [1.29, 1.82) is 0 Å². The molecule has 6 nitrogen and oxygen atoms in total. The molecular formula is C16H13NO5. The minimum Gasteiger partial charge on any atom is -0.481 e. The van der Waals surface area contributed by atoms with Gasteiger partial charge in [-0.25, -0.2) is 0 Å². The minimum absolute atomic E-state index is 0.0132. The highest BCUT2D eigenvalue weighted by molar-refractivity contribution is 6.09. The van der Waals surface area contributed by atoms with E-state index in [0.29, 0.717) is 5.56 Å². The number of nitro groups is 1. The summed E-state index contributed by atoms with van der Waals surface area (Å²) in [6.45, 7) is 1.35. The Hall–Kier alpha value is -3.02. The monoisotopic (exact) mass is 299 g/mol. The zero-order valence-corrected chi connectivity index (χ0v) is 11.7. The Morgan fingerprint density at radius 1 is 1.09 bits per heavy atom. The molecule has 0 aliphatic heterocycles. The topological polar surface area (TPSA) is 97.5 Å². The highest BCUT2D eigenvalue weighted by atomic mass is 16.6. The van der Waals surface area contributed by atoms with E-state index in [4.69, 9.17) is 5.11 Å². The Bertz CT molecular complexity index is 739. The lowest BCUT2D eigenvalue weighted by Gasteiger charge is -2.09. The smallest absolute Gasteiger partial charge is 0.310 e. The Kier molecular flexibility index (Phi) is 4.31. The summed E-state index contributed by atoms with van der Waals surface area (Å²) in [6.07, 6.45) is 0. The van der Waals surface area contributed by atoms with Gasteiger partial charge in [0.1, 0.15) is 0 Å². The predicted octanol–water partition coefficient (Wildman–Crippen LogP) is 3.01. The van der Waals surface area contributed by atoms with Crippen LogP contribution in [0.25, 0.3) is 0 Å². The van der Waals surface area contributed by atoms with Gasteiger partial charge in [-0.2, -0.15) is 0 Å². The lowest BCUT2D eigenvalue weighted by molar-refractivity contribution is -0.385. The Balaban J connectivity index is 2.51. The van der Waals surface area contributed by atoms with Crippen molar-refractivity contribution in [2.45, 2.75) is 12.8 Å². The van der Waals surface area contributed by atoms with Crippen molar-refractivity contribution >= 4 is 17.4 Å². The summed E-state index contributed by atoms with van der Waals surface area (Å²) in [5.41, 5.74) is 0.365. The van der Waals surface area contributed by atoms with Crippen molar-refractivity contribution in [3.8, 4) is 0 Å². The molecule has 22 heavy (non-hydrogen) atoms. The quantitative estimate of drug-likeness (QED) is 0.520. The Morgan fingerprint density at radius 3 is 2.27 bits per heavy atom. The second-order valence-corrected chi connectivity index (χ2v) is 4.79. The standard InChI is InChI=1S/C16H13NO5/c1-10(16(19)20)13-9-12(7-8-14(13)17(21)22)15(18)11-5-3-2-4-6-11/h2-10H,1H3,(H,19,20). The average Bonchev–Trinajstić information content (AvgIpc) is 2.53. The summed E-state index contributed by atoms with van der Waals surface area (Å²) in [5.74, 6) is -2.58. The number of hydrogen-bond acceptors (Lipinski definition) is 4. The van der Waals surface area contributed by atoms with Gasteiger partial charge in [-0.15, -0.1) is 0 Å². The van der Waals surface area contributed by atoms with E-state index < -0.39 is 16.8 Å². The Morgan fingerprint density at radius 2 is 1.73 bits per heavy atom. The van der Waals surface area contributed by atoms with Crippen LogP contribution in [0.2, 0.25) is 0 Å². The second-order valence-electron chi connectivity index (χ2n) is 4.79. The lowest BCUT2D eigenvalue weighted by atomic mass is 9.94. The number of nitro benzene ring substituents is 1. The van der Waals surface area contributed by atoms with E-state index in [2.05, 4.69) is 0 Å². The van der Waals surface area contributed by atoms with Crippen LogP contribution in [0.4, 0.5) is 5.69 Å². The fraction of sp³-hybridized carbons (Fsp3) is 0.125. The molecule has 0 saturated heterocycles. The fourth-order valence-corrected chi connectivity index (χ4v) is 2.10. The van der Waals surface area contributed by atoms with Gasteiger partial charge in [-0.1, -0.05) is 30.3 Å². The third-order valence-electron chi connectivity index (χ3n) is 3.36. The normalized spacial score (nSPS) is 11.7. The molecule has 2 aromatic rings. The van der Waals surface area contributed by atoms with E-state index in [9.17, 15) is 19.7 Å². The van der Waals surface area contributed by atoms with Crippen molar-refractivity contribution in [1.82, 2.24) is 0 Å². The fourth-order valence-electron chi connectivity index (χ4n) is 2.10. The molecule has 112 valence electrons. The van der Waals surface area contributed by atoms with Gasteiger partial charge >= 0.3 is 5.97 Å². The molecule has 6 heteroatoms. The molecule has 0 saturated carbocycles. The summed E-state index contributed by atoms with van der Waals surface area (Å²) in [7, 11) is 0. The maximum absolute atomic E-state index is 12.4. The number of benzene rings is 2. The molecule has 0 bridgehead atoms. The van der Waals surface area contributed by atoms with Crippen molar-refractivity contribution in [3.63, 3.8) is 0 Å². The number of rotatable bonds is 5. The number of carboxylic acids is 1. The third kappa shape index (κ3) is 3.01. The predicted molar refractivity (Wildman–Crippen MR) is 79.0 cm³/mol. The van der Waals surface area contributed by atoms with Crippen molar-refractivity contribution in [3.05, 3.63) is 75.3 Å². The first-order valence-electron chi connectivity index (χ1n) is 6.52. The molecule has 1 atom stereocenters. The molecular weight excluding hydrogens is 286 g/mol. The van der Waals surface area contributed by atoms with Gasteiger partial charge in [0.05, 0.1) is 10.8 Å². The van der Waals surface area contributed by atoms with Crippen LogP contribution in [0.15, 0.2) is 48.5 Å². The summed E-state index contributed by atoms with van der Waals surface area (Å²) < 4.78 is 0. The van der Waals surface area contributed by atoms with Gasteiger partial charge in [0, 0.05) is 22.8 Å². The molecule has 0 aliphatic carbocycles. The van der Waals surface area contributed by atoms with Crippen LogP contribution in [0.3, 0.4) is 0 Å². The number of aliphatic carboxylic acids is 1. The van der Waals surface area contributed by atoms with E-state index in [-0.39, 0.29) is 22.6 Å². The maximum atomic E-state index is 12.4. The second kappa shape index (κ2) is 6.17. The molecule has 0 heterocycles. The van der Waals surface area contributed by atoms with Gasteiger partial charge < -0.3 is 5.11 Å². The first-order chi connectivity index (χ1) is 10.4. The van der Waals surface area contributed by atoms with E-state index in [0.717, 1.165) is 0 Å². The number of hydrogen-bond donors (Lipinski definition) is 1. The molecule has 0 radical (unpaired) electrons. The van der Waals surface area contributed by atoms with Crippen LogP contribution in [-0.4, -0.2) is 21.8 Å². The highest BCUT2D eigenvalue weighted by Crippen LogP contribution is 2.28. The van der Waals surface area contributed by atoms with Gasteiger partial charge in [0.2, 0.25) is 0 Å². The zero-order valence-electron chi connectivity index (χ0n) is 11.7. The van der Waals surface area contributed by atoms with Gasteiger partial charge in [0.15, 0.2) is 5.78 Å². The molecule has 2 rings (SSSR count). The van der Waals surface area contributed by atoms with Crippen molar-refractivity contribution in [2.24, 2.45) is 0 Å². The number of carbonyl (C=O) groups is 2. The van der Waals surface area contributed by atoms with Crippen LogP contribution < -0.4 is 0 Å². The zero-order chi connectivity index (χ0) is 16.3. The summed E-state index contributed by atoms with van der Waals surface area (Å²) in [4.78, 5) is 33.9. The number of nitrogens with zero attached hydrogens (tertiary/aromatic N) is 1. The van der Waals surface area contributed by atoms with Crippen LogP contribution >= 0.6 is 0 Å².